The van der Waals surface area contributed by atoms with Gasteiger partial charge in [-0.15, -0.1) is 0 Å². The smallest absolute Gasteiger partial charge is 0.334 e. The molecule has 19 heavy (non-hydrogen) atoms. The molecule has 1 fully saturated rings. The zero-order valence-corrected chi connectivity index (χ0v) is 13.0. The Hall–Kier alpha value is -1.15. The number of rotatable bonds is 5. The Bertz CT molecular complexity index is 457. The van der Waals surface area contributed by atoms with Crippen molar-refractivity contribution in [1.29, 1.82) is 0 Å². The van der Waals surface area contributed by atoms with Gasteiger partial charge in [0.15, 0.2) is 0 Å². The van der Waals surface area contributed by atoms with E-state index in [0.717, 1.165) is 12.7 Å². The fourth-order valence-corrected chi connectivity index (χ4v) is 3.88. The molecule has 0 amide bonds. The normalized spacial score (nSPS) is 17.8. The number of nitrogens with zero attached hydrogens (tertiary/aromatic N) is 2. The van der Waals surface area contributed by atoms with Gasteiger partial charge in [0, 0.05) is 6.54 Å². The number of benzene rings is 1. The van der Waals surface area contributed by atoms with E-state index in [2.05, 4.69) is 53.7 Å². The molecule has 1 saturated heterocycles. The van der Waals surface area contributed by atoms with E-state index >= 15 is 0 Å². The Labute approximate surface area is 117 Å². The third-order valence-electron chi connectivity index (χ3n) is 3.34. The quantitative estimate of drug-likeness (QED) is 0.606. The Morgan fingerprint density at radius 1 is 1.26 bits per heavy atom. The summed E-state index contributed by atoms with van der Waals surface area (Å²) >= 11 is 0. The lowest BCUT2D eigenvalue weighted by Crippen LogP contribution is -2.62. The lowest BCUT2D eigenvalue weighted by Gasteiger charge is -2.41. The van der Waals surface area contributed by atoms with Crippen LogP contribution in [0.3, 0.4) is 0 Å². The van der Waals surface area contributed by atoms with Gasteiger partial charge in [-0.2, -0.15) is 0 Å². The Morgan fingerprint density at radius 3 is 2.32 bits per heavy atom. The first-order valence-corrected chi connectivity index (χ1v) is 10.4. The molecule has 0 N–H and O–H groups in total. The lowest BCUT2D eigenvalue weighted by molar-refractivity contribution is -0.112. The molecule has 1 aromatic carbocycles. The van der Waals surface area contributed by atoms with Gasteiger partial charge in [-0.25, -0.2) is 11.5 Å². The summed E-state index contributed by atoms with van der Waals surface area (Å²) in [6.07, 6.45) is 1.04. The summed E-state index contributed by atoms with van der Waals surface area (Å²) in [6.45, 7) is 16.5. The molecule has 0 unspecified atom stereocenters. The minimum Gasteiger partial charge on any atom is -0.361 e. The van der Waals surface area contributed by atoms with E-state index in [1.807, 2.05) is 6.07 Å². The Morgan fingerprint density at radius 2 is 1.89 bits per heavy atom. The average molecular weight is 274 g/mol. The van der Waals surface area contributed by atoms with Crippen LogP contribution in [0.1, 0.15) is 5.56 Å². The first kappa shape index (κ1) is 14.3. The molecule has 0 aromatic heterocycles. The molecule has 0 bridgehead atoms. The van der Waals surface area contributed by atoms with Crippen molar-refractivity contribution in [2.75, 3.05) is 19.4 Å². The Balaban J connectivity index is 2.18. The predicted octanol–water partition coefficient (Wildman–Crippen LogP) is 3.01. The molecular formula is C15H22N2OSi. The van der Waals surface area contributed by atoms with Gasteiger partial charge in [0.25, 0.3) is 0 Å². The van der Waals surface area contributed by atoms with E-state index in [1.165, 1.54) is 5.56 Å². The van der Waals surface area contributed by atoms with Gasteiger partial charge >= 0.3 is 5.66 Å². The van der Waals surface area contributed by atoms with E-state index in [1.54, 1.807) is 0 Å². The lowest BCUT2D eigenvalue weighted by atomic mass is 10.1. The average Bonchev–Trinajstić information content (AvgIpc) is 2.27. The summed E-state index contributed by atoms with van der Waals surface area (Å²) in [5.41, 5.74) is 0.853. The van der Waals surface area contributed by atoms with Crippen LogP contribution in [-0.2, 0) is 11.3 Å². The van der Waals surface area contributed by atoms with E-state index in [0.29, 0.717) is 13.2 Å². The summed E-state index contributed by atoms with van der Waals surface area (Å²) in [4.78, 5) is 6.22. The van der Waals surface area contributed by atoms with Crippen molar-refractivity contribution >= 4 is 8.07 Å². The van der Waals surface area contributed by atoms with Gasteiger partial charge in [-0.3, -0.25) is 4.85 Å². The summed E-state index contributed by atoms with van der Waals surface area (Å²) in [5.74, 6) is 0. The van der Waals surface area contributed by atoms with Crippen molar-refractivity contribution in [3.8, 4) is 0 Å². The van der Waals surface area contributed by atoms with Crippen molar-refractivity contribution in [3.05, 3.63) is 47.3 Å². The van der Waals surface area contributed by atoms with E-state index < -0.39 is 13.7 Å². The molecular weight excluding hydrogens is 252 g/mol. The van der Waals surface area contributed by atoms with Crippen LogP contribution < -0.4 is 0 Å². The SMILES string of the molecule is [C-]#[N+]C1(N(Cc2ccccc2)C[Si](C)(C)C)COC1. The summed E-state index contributed by atoms with van der Waals surface area (Å²) < 4.78 is 5.32. The van der Waals surface area contributed by atoms with Crippen LogP contribution in [-0.4, -0.2) is 38.0 Å². The summed E-state index contributed by atoms with van der Waals surface area (Å²) in [5, 5.41) is 0. The van der Waals surface area contributed by atoms with Gasteiger partial charge < -0.3 is 4.74 Å². The molecule has 1 aliphatic rings. The molecule has 3 nitrogen and oxygen atoms in total. The van der Waals surface area contributed by atoms with Gasteiger partial charge in [0.05, 0.1) is 8.07 Å². The second kappa shape index (κ2) is 5.46. The van der Waals surface area contributed by atoms with Gasteiger partial charge in [-0.1, -0.05) is 50.0 Å². The standard InChI is InChI=1S/C15H22N2OSi/c1-16-15(11-18-12-15)17(13-19(2,3)4)10-14-8-6-5-7-9-14/h5-9H,10-13H2,2-4H3. The van der Waals surface area contributed by atoms with Gasteiger partial charge in [0.1, 0.15) is 13.2 Å². The minimum atomic E-state index is -1.26. The molecule has 0 atom stereocenters. The maximum atomic E-state index is 7.53. The maximum Gasteiger partial charge on any atom is 0.334 e. The van der Waals surface area contributed by atoms with E-state index in [4.69, 9.17) is 11.3 Å². The van der Waals surface area contributed by atoms with Crippen LogP contribution in [0, 0.1) is 6.57 Å². The predicted molar refractivity (Wildman–Crippen MR) is 80.4 cm³/mol. The van der Waals surface area contributed by atoms with Crippen molar-refractivity contribution in [2.24, 2.45) is 0 Å². The topological polar surface area (TPSA) is 16.8 Å². The van der Waals surface area contributed by atoms with Crippen LogP contribution in [0.25, 0.3) is 4.85 Å². The fourth-order valence-electron chi connectivity index (χ4n) is 2.33. The highest BCUT2D eigenvalue weighted by molar-refractivity contribution is 6.76. The van der Waals surface area contributed by atoms with E-state index in [9.17, 15) is 0 Å². The molecule has 1 aromatic rings. The van der Waals surface area contributed by atoms with E-state index in [-0.39, 0.29) is 0 Å². The second-order valence-corrected chi connectivity index (χ2v) is 11.9. The fraction of sp³-hybridized carbons (Fsp3) is 0.533. The zero-order valence-electron chi connectivity index (χ0n) is 12.0. The van der Waals surface area contributed by atoms with Crippen LogP contribution in [0.2, 0.25) is 19.6 Å². The van der Waals surface area contributed by atoms with Crippen LogP contribution >= 0.6 is 0 Å². The minimum absolute atomic E-state index is 0.421. The molecule has 0 aliphatic carbocycles. The molecule has 0 radical (unpaired) electrons. The van der Waals surface area contributed by atoms with Gasteiger partial charge in [-0.05, 0) is 11.7 Å². The molecule has 0 saturated carbocycles. The summed E-state index contributed by atoms with van der Waals surface area (Å²) in [7, 11) is -1.26. The van der Waals surface area contributed by atoms with Crippen molar-refractivity contribution < 1.29 is 4.74 Å². The Kier molecular flexibility index (Phi) is 4.09. The molecule has 4 heteroatoms. The highest BCUT2D eigenvalue weighted by Crippen LogP contribution is 2.29. The van der Waals surface area contributed by atoms with Crippen LogP contribution in [0.4, 0.5) is 0 Å². The van der Waals surface area contributed by atoms with Crippen LogP contribution in [0.15, 0.2) is 30.3 Å². The maximum absolute atomic E-state index is 7.53. The summed E-state index contributed by atoms with van der Waals surface area (Å²) in [6, 6.07) is 10.4. The van der Waals surface area contributed by atoms with Crippen molar-refractivity contribution in [2.45, 2.75) is 31.8 Å². The number of hydrogen-bond acceptors (Lipinski definition) is 2. The highest BCUT2D eigenvalue weighted by Gasteiger charge is 2.52. The second-order valence-electron chi connectivity index (χ2n) is 6.49. The first-order valence-electron chi connectivity index (χ1n) is 6.71. The zero-order chi connectivity index (χ0) is 13.9. The molecule has 2 rings (SSSR count). The van der Waals surface area contributed by atoms with Crippen molar-refractivity contribution in [1.82, 2.24) is 4.90 Å². The van der Waals surface area contributed by atoms with Crippen molar-refractivity contribution in [3.63, 3.8) is 0 Å². The van der Waals surface area contributed by atoms with Crippen LogP contribution in [0.5, 0.6) is 0 Å². The third-order valence-corrected chi connectivity index (χ3v) is 4.68. The first-order chi connectivity index (χ1) is 8.95. The third kappa shape index (κ3) is 3.44. The molecule has 102 valence electrons. The molecule has 1 heterocycles. The van der Waals surface area contributed by atoms with Gasteiger partial charge in [0.2, 0.25) is 0 Å². The molecule has 1 aliphatic heterocycles. The monoisotopic (exact) mass is 274 g/mol. The largest absolute Gasteiger partial charge is 0.361 e. The number of ether oxygens (including phenoxy) is 1. The number of hydrogen-bond donors (Lipinski definition) is 0. The highest BCUT2D eigenvalue weighted by atomic mass is 28.3. The molecule has 0 spiro atoms.